The van der Waals surface area contributed by atoms with Gasteiger partial charge in [0.1, 0.15) is 11.2 Å². The Kier molecular flexibility index (Phi) is 9.17. The third-order valence-corrected chi connectivity index (χ3v) is 12.4. The second-order valence-electron chi connectivity index (χ2n) is 16.0. The molecule has 286 valence electrons. The van der Waals surface area contributed by atoms with E-state index in [0.29, 0.717) is 6.54 Å². The number of fused-ring (bicyclic) bond motifs is 7. The minimum Gasteiger partial charge on any atom is -0.456 e. The van der Waals surface area contributed by atoms with Crippen LogP contribution in [0.2, 0.25) is 0 Å². The van der Waals surface area contributed by atoms with E-state index in [1.807, 2.05) is 0 Å². The van der Waals surface area contributed by atoms with Crippen molar-refractivity contribution >= 4 is 59.9 Å². The molecule has 0 radical (unpaired) electrons. The van der Waals surface area contributed by atoms with Gasteiger partial charge in [0.15, 0.2) is 0 Å². The summed E-state index contributed by atoms with van der Waals surface area (Å²) < 4.78 is 6.51. The second kappa shape index (κ2) is 15.4. The first-order valence-electron chi connectivity index (χ1n) is 21.0. The SMILES string of the molecule is c1ccc(-c2ccc(N(Cc3ccccc3CCc3cc4ccccc4c4ccccc34)Cc3ccc4oc5ccccc5c4c3-c3ccc4ccccc4c3)cc2)cc1. The minimum absolute atomic E-state index is 0.714. The summed E-state index contributed by atoms with van der Waals surface area (Å²) in [6, 6.07) is 77.4. The van der Waals surface area contributed by atoms with E-state index >= 15 is 0 Å². The Morgan fingerprint density at radius 1 is 0.333 bits per heavy atom. The van der Waals surface area contributed by atoms with Gasteiger partial charge in [0.25, 0.3) is 0 Å². The molecule has 60 heavy (non-hydrogen) atoms. The molecule has 0 unspecified atom stereocenters. The maximum atomic E-state index is 6.51. The summed E-state index contributed by atoms with van der Waals surface area (Å²) in [6.07, 6.45) is 1.92. The molecular formula is C58H43NO. The summed E-state index contributed by atoms with van der Waals surface area (Å²) in [5.74, 6) is 0. The van der Waals surface area contributed by atoms with Crippen LogP contribution in [-0.4, -0.2) is 0 Å². The lowest BCUT2D eigenvalue weighted by Gasteiger charge is -2.28. The summed E-state index contributed by atoms with van der Waals surface area (Å²) in [5, 5.41) is 10.1. The highest BCUT2D eigenvalue weighted by atomic mass is 16.3. The van der Waals surface area contributed by atoms with E-state index in [9.17, 15) is 0 Å². The van der Waals surface area contributed by atoms with Crippen LogP contribution in [-0.2, 0) is 25.9 Å². The summed E-state index contributed by atoms with van der Waals surface area (Å²) >= 11 is 0. The molecule has 1 aromatic heterocycles. The van der Waals surface area contributed by atoms with Crippen molar-refractivity contribution in [1.82, 2.24) is 0 Å². The normalized spacial score (nSPS) is 11.6. The molecule has 0 aliphatic rings. The van der Waals surface area contributed by atoms with E-state index in [-0.39, 0.29) is 0 Å². The first-order valence-corrected chi connectivity index (χ1v) is 21.0. The highest BCUT2D eigenvalue weighted by Crippen LogP contribution is 2.41. The molecule has 0 aliphatic heterocycles. The van der Waals surface area contributed by atoms with Crippen molar-refractivity contribution in [2.24, 2.45) is 0 Å². The number of hydrogen-bond donors (Lipinski definition) is 0. The number of anilines is 1. The molecule has 1 heterocycles. The van der Waals surface area contributed by atoms with Gasteiger partial charge in [-0.25, -0.2) is 0 Å². The zero-order valence-corrected chi connectivity index (χ0v) is 33.4. The van der Waals surface area contributed by atoms with E-state index < -0.39 is 0 Å². The molecule has 0 aliphatic carbocycles. The molecule has 11 rings (SSSR count). The molecule has 0 spiro atoms. The predicted octanol–water partition coefficient (Wildman–Crippen LogP) is 15.4. The highest BCUT2D eigenvalue weighted by Gasteiger charge is 2.20. The van der Waals surface area contributed by atoms with E-state index in [0.717, 1.165) is 35.9 Å². The van der Waals surface area contributed by atoms with Crippen molar-refractivity contribution in [1.29, 1.82) is 0 Å². The molecule has 0 saturated carbocycles. The molecule has 0 fully saturated rings. The zero-order valence-electron chi connectivity index (χ0n) is 33.4. The molecule has 0 amide bonds. The number of hydrogen-bond acceptors (Lipinski definition) is 2. The predicted molar refractivity (Wildman–Crippen MR) is 254 cm³/mol. The molecule has 2 heteroatoms. The first kappa shape index (κ1) is 35.7. The molecule has 0 N–H and O–H groups in total. The molecule has 0 saturated heterocycles. The fourth-order valence-electron chi connectivity index (χ4n) is 9.37. The highest BCUT2D eigenvalue weighted by molar-refractivity contribution is 6.14. The summed E-state index contributed by atoms with van der Waals surface area (Å²) in [7, 11) is 0. The lowest BCUT2D eigenvalue weighted by atomic mass is 9.92. The number of nitrogens with zero attached hydrogens (tertiary/aromatic N) is 1. The Morgan fingerprint density at radius 3 is 1.77 bits per heavy atom. The summed E-state index contributed by atoms with van der Waals surface area (Å²) in [4.78, 5) is 2.56. The van der Waals surface area contributed by atoms with Gasteiger partial charge in [-0.05, 0) is 120 Å². The lowest BCUT2D eigenvalue weighted by molar-refractivity contribution is 0.668. The van der Waals surface area contributed by atoms with Gasteiger partial charge in [-0.15, -0.1) is 0 Å². The molecule has 10 aromatic carbocycles. The van der Waals surface area contributed by atoms with Gasteiger partial charge in [-0.2, -0.15) is 0 Å². The monoisotopic (exact) mass is 769 g/mol. The van der Waals surface area contributed by atoms with Gasteiger partial charge in [0.2, 0.25) is 0 Å². The lowest BCUT2D eigenvalue weighted by Crippen LogP contribution is -2.23. The number of para-hydroxylation sites is 1. The van der Waals surface area contributed by atoms with Gasteiger partial charge >= 0.3 is 0 Å². The van der Waals surface area contributed by atoms with E-state index in [2.05, 4.69) is 217 Å². The van der Waals surface area contributed by atoms with Crippen molar-refractivity contribution in [3.63, 3.8) is 0 Å². The Hall–Kier alpha value is -7.42. The first-order chi connectivity index (χ1) is 29.7. The minimum atomic E-state index is 0.714. The van der Waals surface area contributed by atoms with Crippen molar-refractivity contribution in [2.45, 2.75) is 25.9 Å². The molecule has 0 atom stereocenters. The molecule has 0 bridgehead atoms. The van der Waals surface area contributed by atoms with Gasteiger partial charge in [-0.1, -0.05) is 182 Å². The van der Waals surface area contributed by atoms with Crippen molar-refractivity contribution in [3.05, 3.63) is 235 Å². The van der Waals surface area contributed by atoms with Gasteiger partial charge < -0.3 is 9.32 Å². The number of rotatable bonds is 10. The van der Waals surface area contributed by atoms with Crippen molar-refractivity contribution in [3.8, 4) is 22.3 Å². The van der Waals surface area contributed by atoms with Gasteiger partial charge in [-0.3, -0.25) is 0 Å². The molecular weight excluding hydrogens is 727 g/mol. The van der Waals surface area contributed by atoms with Gasteiger partial charge in [0, 0.05) is 29.5 Å². The van der Waals surface area contributed by atoms with Crippen LogP contribution in [0.4, 0.5) is 5.69 Å². The third-order valence-electron chi connectivity index (χ3n) is 12.4. The van der Waals surface area contributed by atoms with E-state index in [1.54, 1.807) is 0 Å². The van der Waals surface area contributed by atoms with Crippen LogP contribution in [0.3, 0.4) is 0 Å². The zero-order chi connectivity index (χ0) is 39.8. The van der Waals surface area contributed by atoms with Crippen LogP contribution in [0.1, 0.15) is 22.3 Å². The number of benzene rings is 10. The second-order valence-corrected chi connectivity index (χ2v) is 16.0. The van der Waals surface area contributed by atoms with Crippen LogP contribution in [0.5, 0.6) is 0 Å². The van der Waals surface area contributed by atoms with Crippen molar-refractivity contribution < 1.29 is 4.42 Å². The van der Waals surface area contributed by atoms with E-state index in [1.165, 1.54) is 87.9 Å². The topological polar surface area (TPSA) is 16.4 Å². The molecule has 11 aromatic rings. The summed E-state index contributed by atoms with van der Waals surface area (Å²) in [5.41, 5.74) is 13.2. The Morgan fingerprint density at radius 2 is 0.933 bits per heavy atom. The van der Waals surface area contributed by atoms with E-state index in [4.69, 9.17) is 4.42 Å². The average Bonchev–Trinajstić information content (AvgIpc) is 3.70. The quantitative estimate of drug-likeness (QED) is 0.129. The maximum Gasteiger partial charge on any atom is 0.136 e. The Bertz CT molecular complexity index is 3320. The van der Waals surface area contributed by atoms with Crippen LogP contribution in [0.25, 0.3) is 76.5 Å². The fraction of sp³-hybridized carbons (Fsp3) is 0.0690. The summed E-state index contributed by atoms with van der Waals surface area (Å²) in [6.45, 7) is 1.48. The van der Waals surface area contributed by atoms with Crippen LogP contribution >= 0.6 is 0 Å². The Balaban J connectivity index is 1.01. The average molecular weight is 770 g/mol. The van der Waals surface area contributed by atoms with Crippen molar-refractivity contribution in [2.75, 3.05) is 4.90 Å². The molecule has 2 nitrogen and oxygen atoms in total. The maximum absolute atomic E-state index is 6.51. The third kappa shape index (κ3) is 6.67. The van der Waals surface area contributed by atoms with Crippen LogP contribution in [0.15, 0.2) is 217 Å². The Labute approximate surface area is 350 Å². The number of aryl methyl sites for hydroxylation is 2. The number of furan rings is 1. The van der Waals surface area contributed by atoms with Crippen LogP contribution in [0, 0.1) is 0 Å². The smallest absolute Gasteiger partial charge is 0.136 e. The van der Waals surface area contributed by atoms with Crippen LogP contribution < -0.4 is 4.90 Å². The largest absolute Gasteiger partial charge is 0.456 e. The fourth-order valence-corrected chi connectivity index (χ4v) is 9.37. The standard InChI is InChI=1S/C58H43NO/c1-2-14-40(15-3-1)43-30-33-50(34-31-43)59(38-48-20-7-5-17-42(48)26-28-46-37-45-19-8-9-21-51(45)53-23-11-10-22-52(46)53)39-49-32-35-56-58(54-24-12-13-25-55(54)60-56)57(49)47-29-27-41-16-4-6-18-44(41)36-47/h1-25,27,29-37H,26,28,38-39H2. The van der Waals surface area contributed by atoms with Gasteiger partial charge in [0.05, 0.1) is 0 Å².